The van der Waals surface area contributed by atoms with Gasteiger partial charge in [-0.3, -0.25) is 10.1 Å². The summed E-state index contributed by atoms with van der Waals surface area (Å²) in [4.78, 5) is 8.71. The number of aliphatic imine (C=N–C) groups is 1. The highest BCUT2D eigenvalue weighted by molar-refractivity contribution is 5.79. The highest BCUT2D eigenvalue weighted by atomic mass is 16.3. The van der Waals surface area contributed by atoms with Crippen LogP contribution in [0.3, 0.4) is 0 Å². The van der Waals surface area contributed by atoms with Crippen LogP contribution in [0, 0.1) is 5.92 Å². The summed E-state index contributed by atoms with van der Waals surface area (Å²) in [6.45, 7) is 1.71. The van der Waals surface area contributed by atoms with Crippen LogP contribution in [-0.2, 0) is 6.42 Å². The molecule has 2 heterocycles. The zero-order valence-corrected chi connectivity index (χ0v) is 15.6. The molecule has 26 heavy (non-hydrogen) atoms. The first-order chi connectivity index (χ1) is 12.8. The lowest BCUT2D eigenvalue weighted by Crippen LogP contribution is -2.38. The number of H-pyrrole nitrogens is 1. The Hall–Kier alpha value is -2.31. The molecule has 0 amide bonds. The Morgan fingerprint density at radius 2 is 2.12 bits per heavy atom. The van der Waals surface area contributed by atoms with E-state index in [1.165, 1.54) is 44.9 Å². The minimum atomic E-state index is 0.592. The largest absolute Gasteiger partial charge is 0.461 e. The van der Waals surface area contributed by atoms with E-state index in [9.17, 15) is 0 Å². The molecule has 0 spiro atoms. The summed E-state index contributed by atoms with van der Waals surface area (Å²) in [6, 6.07) is 3.68. The van der Waals surface area contributed by atoms with Crippen LogP contribution >= 0.6 is 0 Å². The van der Waals surface area contributed by atoms with Crippen LogP contribution < -0.4 is 10.6 Å². The van der Waals surface area contributed by atoms with E-state index in [1.807, 2.05) is 12.1 Å². The quantitative estimate of drug-likeness (QED) is 0.364. The number of aromatic amines is 1. The van der Waals surface area contributed by atoms with Crippen molar-refractivity contribution in [1.82, 2.24) is 25.8 Å². The number of nitrogens with one attached hydrogen (secondary N) is 3. The molecule has 1 aliphatic rings. The molecule has 0 aromatic carbocycles. The second-order valence-electron chi connectivity index (χ2n) is 6.91. The van der Waals surface area contributed by atoms with Gasteiger partial charge < -0.3 is 15.1 Å². The summed E-state index contributed by atoms with van der Waals surface area (Å²) in [5.74, 6) is 3.93. The van der Waals surface area contributed by atoms with Crippen molar-refractivity contribution < 1.29 is 4.42 Å². The molecule has 7 heteroatoms. The van der Waals surface area contributed by atoms with Crippen molar-refractivity contribution in [2.24, 2.45) is 10.9 Å². The third-order valence-corrected chi connectivity index (χ3v) is 4.96. The number of unbranched alkanes of at least 4 members (excludes halogenated alkanes) is 1. The second kappa shape index (κ2) is 9.99. The maximum absolute atomic E-state index is 5.30. The summed E-state index contributed by atoms with van der Waals surface area (Å²) in [6.07, 6.45) is 12.0. The molecule has 2 aromatic rings. The van der Waals surface area contributed by atoms with Gasteiger partial charge in [0.1, 0.15) is 5.82 Å². The number of furan rings is 1. The molecule has 0 radical (unpaired) electrons. The normalized spacial score (nSPS) is 15.5. The fourth-order valence-corrected chi connectivity index (χ4v) is 3.51. The van der Waals surface area contributed by atoms with Gasteiger partial charge in [0.2, 0.25) is 5.82 Å². The minimum absolute atomic E-state index is 0.592. The van der Waals surface area contributed by atoms with E-state index in [1.54, 1.807) is 13.3 Å². The third kappa shape index (κ3) is 5.61. The van der Waals surface area contributed by atoms with Crippen LogP contribution in [0.15, 0.2) is 27.8 Å². The molecule has 7 nitrogen and oxygen atoms in total. The van der Waals surface area contributed by atoms with Crippen molar-refractivity contribution in [3.8, 4) is 11.6 Å². The van der Waals surface area contributed by atoms with Gasteiger partial charge in [-0.1, -0.05) is 38.5 Å². The number of aromatic nitrogens is 3. The smallest absolute Gasteiger partial charge is 0.216 e. The molecule has 0 unspecified atom stereocenters. The Morgan fingerprint density at radius 1 is 1.27 bits per heavy atom. The van der Waals surface area contributed by atoms with Crippen LogP contribution in [0.2, 0.25) is 0 Å². The average Bonchev–Trinajstić information content (AvgIpc) is 3.41. The summed E-state index contributed by atoms with van der Waals surface area (Å²) in [7, 11) is 1.80. The SMILES string of the molecule is CN=C(NCCCCC1CCCC1)NCCc1nc(-c2ccco2)n[nH]1. The van der Waals surface area contributed by atoms with Crippen LogP contribution in [0.4, 0.5) is 0 Å². The monoisotopic (exact) mass is 358 g/mol. The highest BCUT2D eigenvalue weighted by Crippen LogP contribution is 2.28. The first-order valence-corrected chi connectivity index (χ1v) is 9.75. The van der Waals surface area contributed by atoms with Gasteiger partial charge in [0.25, 0.3) is 0 Å². The van der Waals surface area contributed by atoms with Crippen LogP contribution in [0.5, 0.6) is 0 Å². The van der Waals surface area contributed by atoms with Crippen LogP contribution in [0.1, 0.15) is 50.8 Å². The molecule has 0 saturated heterocycles. The lowest BCUT2D eigenvalue weighted by Gasteiger charge is -2.12. The molecular weight excluding hydrogens is 328 g/mol. The summed E-state index contributed by atoms with van der Waals surface area (Å²) in [5.41, 5.74) is 0. The molecule has 0 atom stereocenters. The van der Waals surface area contributed by atoms with Crippen molar-refractivity contribution in [2.75, 3.05) is 20.1 Å². The Morgan fingerprint density at radius 3 is 2.88 bits per heavy atom. The Kier molecular flexibility index (Phi) is 7.10. The van der Waals surface area contributed by atoms with Crippen molar-refractivity contribution in [3.05, 3.63) is 24.2 Å². The van der Waals surface area contributed by atoms with Crippen molar-refractivity contribution in [1.29, 1.82) is 0 Å². The zero-order chi connectivity index (χ0) is 18.0. The van der Waals surface area contributed by atoms with E-state index in [0.29, 0.717) is 11.6 Å². The van der Waals surface area contributed by atoms with Gasteiger partial charge in [-0.25, -0.2) is 4.98 Å². The summed E-state index contributed by atoms with van der Waals surface area (Å²) < 4.78 is 5.30. The van der Waals surface area contributed by atoms with E-state index in [4.69, 9.17) is 4.42 Å². The number of hydrogen-bond donors (Lipinski definition) is 3. The summed E-state index contributed by atoms with van der Waals surface area (Å²) in [5, 5.41) is 13.8. The van der Waals surface area contributed by atoms with Crippen molar-refractivity contribution in [2.45, 2.75) is 51.4 Å². The molecule has 0 bridgehead atoms. The van der Waals surface area contributed by atoms with Gasteiger partial charge >= 0.3 is 0 Å². The van der Waals surface area contributed by atoms with Crippen molar-refractivity contribution >= 4 is 5.96 Å². The summed E-state index contributed by atoms with van der Waals surface area (Å²) >= 11 is 0. The molecule has 142 valence electrons. The predicted octanol–water partition coefficient (Wildman–Crippen LogP) is 3.13. The third-order valence-electron chi connectivity index (χ3n) is 4.96. The molecule has 3 N–H and O–H groups in total. The second-order valence-corrected chi connectivity index (χ2v) is 6.91. The standard InChI is InChI=1S/C19H30N6O/c1-20-19(21-12-5-4-9-15-7-2-3-8-15)22-13-11-17-23-18(25-24-17)16-10-6-14-26-16/h6,10,14-15H,2-5,7-9,11-13H2,1H3,(H2,20,21,22)(H,23,24,25). The number of guanidine groups is 1. The Labute approximate surface area is 155 Å². The number of rotatable bonds is 9. The molecule has 1 aliphatic carbocycles. The molecule has 2 aromatic heterocycles. The highest BCUT2D eigenvalue weighted by Gasteiger charge is 2.13. The average molecular weight is 358 g/mol. The topological polar surface area (TPSA) is 91.1 Å². The minimum Gasteiger partial charge on any atom is -0.461 e. The molecule has 3 rings (SSSR count). The molecular formula is C19H30N6O. The van der Waals surface area contributed by atoms with E-state index in [-0.39, 0.29) is 0 Å². The zero-order valence-electron chi connectivity index (χ0n) is 15.6. The van der Waals surface area contributed by atoms with Gasteiger partial charge in [-0.05, 0) is 24.5 Å². The maximum Gasteiger partial charge on any atom is 0.216 e. The first kappa shape index (κ1) is 18.5. The van der Waals surface area contributed by atoms with E-state index in [2.05, 4.69) is 30.8 Å². The molecule has 1 saturated carbocycles. The van der Waals surface area contributed by atoms with Crippen LogP contribution in [0.25, 0.3) is 11.6 Å². The van der Waals surface area contributed by atoms with Gasteiger partial charge in [-0.15, -0.1) is 0 Å². The predicted molar refractivity (Wildman–Crippen MR) is 103 cm³/mol. The van der Waals surface area contributed by atoms with Gasteiger partial charge in [0, 0.05) is 26.6 Å². The number of hydrogen-bond acceptors (Lipinski definition) is 4. The molecule has 0 aliphatic heterocycles. The fourth-order valence-electron chi connectivity index (χ4n) is 3.51. The Bertz CT molecular complexity index is 657. The van der Waals surface area contributed by atoms with Gasteiger partial charge in [0.05, 0.1) is 6.26 Å². The van der Waals surface area contributed by atoms with Crippen molar-refractivity contribution in [3.63, 3.8) is 0 Å². The lowest BCUT2D eigenvalue weighted by molar-refractivity contribution is 0.472. The van der Waals surface area contributed by atoms with E-state index >= 15 is 0 Å². The number of nitrogens with zero attached hydrogens (tertiary/aromatic N) is 3. The first-order valence-electron chi connectivity index (χ1n) is 9.75. The fraction of sp³-hybridized carbons (Fsp3) is 0.632. The van der Waals surface area contributed by atoms with Gasteiger partial charge in [0.15, 0.2) is 11.7 Å². The maximum atomic E-state index is 5.30. The van der Waals surface area contributed by atoms with E-state index in [0.717, 1.165) is 37.2 Å². The molecule has 1 fully saturated rings. The van der Waals surface area contributed by atoms with Crippen LogP contribution in [-0.4, -0.2) is 41.3 Å². The Balaban J connectivity index is 1.29. The van der Waals surface area contributed by atoms with E-state index < -0.39 is 0 Å². The lowest BCUT2D eigenvalue weighted by atomic mass is 10.0. The van der Waals surface area contributed by atoms with Gasteiger partial charge in [-0.2, -0.15) is 5.10 Å².